The molecule has 0 unspecified atom stereocenters. The molecule has 0 spiro atoms. The summed E-state index contributed by atoms with van der Waals surface area (Å²) in [7, 11) is 0. The Balaban J connectivity index is 2.02. The smallest absolute Gasteiger partial charge is 0.267 e. The summed E-state index contributed by atoms with van der Waals surface area (Å²) in [5, 5.41) is 11.3. The topological polar surface area (TPSA) is 64.1 Å². The van der Waals surface area contributed by atoms with Gasteiger partial charge in [0.2, 0.25) is 5.13 Å². The number of hydrogen-bond donors (Lipinski definition) is 1. The van der Waals surface area contributed by atoms with E-state index in [0.717, 1.165) is 27.0 Å². The number of nitrogens with zero attached hydrogens (tertiary/aromatic N) is 2. The number of rotatable bonds is 8. The van der Waals surface area contributed by atoms with Gasteiger partial charge >= 0.3 is 0 Å². The van der Waals surface area contributed by atoms with Crippen molar-refractivity contribution in [3.63, 3.8) is 0 Å². The predicted octanol–water partition coefficient (Wildman–Crippen LogP) is 4.23. The molecule has 0 saturated heterocycles. The maximum atomic E-state index is 12.4. The first kappa shape index (κ1) is 18.5. The van der Waals surface area contributed by atoms with E-state index >= 15 is 0 Å². The maximum Gasteiger partial charge on any atom is 0.267 e. The summed E-state index contributed by atoms with van der Waals surface area (Å²) >= 11 is 2.88. The van der Waals surface area contributed by atoms with Gasteiger partial charge in [0.25, 0.3) is 5.91 Å². The largest absolute Gasteiger partial charge is 0.480 e. The molecule has 0 aliphatic rings. The molecule has 1 atom stereocenters. The highest BCUT2D eigenvalue weighted by atomic mass is 32.2. The van der Waals surface area contributed by atoms with Gasteiger partial charge in [0.1, 0.15) is 5.75 Å². The Labute approximate surface area is 150 Å². The van der Waals surface area contributed by atoms with Crippen LogP contribution in [0, 0.1) is 13.8 Å². The molecule has 1 amide bonds. The molecule has 0 fully saturated rings. The average Bonchev–Trinajstić information content (AvgIpc) is 3.01. The molecule has 7 heteroatoms. The maximum absolute atomic E-state index is 12.4. The summed E-state index contributed by atoms with van der Waals surface area (Å²) in [4.78, 5) is 12.4. The summed E-state index contributed by atoms with van der Waals surface area (Å²) in [5.74, 6) is 1.28. The van der Waals surface area contributed by atoms with E-state index in [0.29, 0.717) is 11.6 Å². The van der Waals surface area contributed by atoms with Gasteiger partial charge in [-0.2, -0.15) is 0 Å². The fourth-order valence-corrected chi connectivity index (χ4v) is 3.48. The van der Waals surface area contributed by atoms with Crippen LogP contribution in [0.15, 0.2) is 35.2 Å². The van der Waals surface area contributed by atoms with Crippen molar-refractivity contribution in [2.75, 3.05) is 11.1 Å². The number of nitrogens with one attached hydrogen (secondary N) is 1. The Morgan fingerprint density at radius 3 is 2.96 bits per heavy atom. The lowest BCUT2D eigenvalue weighted by Crippen LogP contribution is -2.32. The molecule has 0 bridgehead atoms. The van der Waals surface area contributed by atoms with Crippen molar-refractivity contribution in [2.24, 2.45) is 0 Å². The number of aromatic nitrogens is 2. The van der Waals surface area contributed by atoms with Crippen molar-refractivity contribution in [1.29, 1.82) is 0 Å². The summed E-state index contributed by atoms with van der Waals surface area (Å²) in [6.45, 7) is 9.60. The van der Waals surface area contributed by atoms with Crippen molar-refractivity contribution in [1.82, 2.24) is 10.2 Å². The third-order valence-electron chi connectivity index (χ3n) is 3.45. The first-order valence-electron chi connectivity index (χ1n) is 7.66. The van der Waals surface area contributed by atoms with Gasteiger partial charge in [-0.3, -0.25) is 10.1 Å². The van der Waals surface area contributed by atoms with E-state index in [1.54, 1.807) is 6.08 Å². The summed E-state index contributed by atoms with van der Waals surface area (Å²) in [6, 6.07) is 5.83. The Bertz CT molecular complexity index is 716. The number of benzene rings is 1. The molecule has 0 radical (unpaired) electrons. The summed E-state index contributed by atoms with van der Waals surface area (Å²) < 4.78 is 6.71. The first-order valence-corrected chi connectivity index (χ1v) is 9.46. The van der Waals surface area contributed by atoms with E-state index in [2.05, 4.69) is 22.1 Å². The minimum Gasteiger partial charge on any atom is -0.480 e. The third kappa shape index (κ3) is 4.82. The monoisotopic (exact) mass is 363 g/mol. The van der Waals surface area contributed by atoms with Crippen LogP contribution in [0.4, 0.5) is 5.13 Å². The molecule has 1 aromatic heterocycles. The summed E-state index contributed by atoms with van der Waals surface area (Å²) in [6.07, 6.45) is 1.80. The van der Waals surface area contributed by atoms with Gasteiger partial charge in [-0.25, -0.2) is 0 Å². The molecule has 5 nitrogen and oxygen atoms in total. The Kier molecular flexibility index (Phi) is 6.81. The molecular formula is C17H21N3O2S2. The Morgan fingerprint density at radius 1 is 1.46 bits per heavy atom. The molecule has 1 heterocycles. The van der Waals surface area contributed by atoms with Crippen LogP contribution in [0.2, 0.25) is 0 Å². The van der Waals surface area contributed by atoms with Gasteiger partial charge in [-0.05, 0) is 37.5 Å². The zero-order valence-corrected chi connectivity index (χ0v) is 15.7. The fourth-order valence-electron chi connectivity index (χ4n) is 1.96. The highest BCUT2D eigenvalue weighted by Gasteiger charge is 2.21. The lowest BCUT2D eigenvalue weighted by atomic mass is 10.1. The quantitative estimate of drug-likeness (QED) is 0.432. The van der Waals surface area contributed by atoms with Crippen LogP contribution < -0.4 is 10.1 Å². The van der Waals surface area contributed by atoms with Gasteiger partial charge in [0.05, 0.1) is 0 Å². The van der Waals surface area contributed by atoms with Gasteiger partial charge < -0.3 is 4.74 Å². The van der Waals surface area contributed by atoms with Crippen LogP contribution in [-0.2, 0) is 4.79 Å². The molecule has 0 saturated carbocycles. The lowest BCUT2D eigenvalue weighted by molar-refractivity contribution is -0.122. The lowest BCUT2D eigenvalue weighted by Gasteiger charge is -2.18. The van der Waals surface area contributed by atoms with E-state index in [1.807, 2.05) is 39.0 Å². The predicted molar refractivity (Wildman–Crippen MR) is 100 cm³/mol. The molecule has 2 rings (SSSR count). The molecule has 0 aliphatic heterocycles. The van der Waals surface area contributed by atoms with E-state index in [-0.39, 0.29) is 5.91 Å². The number of anilines is 1. The molecule has 128 valence electrons. The zero-order chi connectivity index (χ0) is 17.5. The fraction of sp³-hybridized carbons (Fsp3) is 0.353. The minimum atomic E-state index is -0.571. The standard InChI is InChI=1S/C17H21N3O2S2/c1-5-10-23-17-20-19-16(24-17)18-15(21)13(6-2)22-14-9-7-8-11(3)12(14)4/h5,7-9,13H,1,6,10H2,2-4H3,(H,18,19,21)/t13-/m0/s1. The number of carbonyl (C=O) groups is 1. The van der Waals surface area contributed by atoms with Crippen LogP contribution in [-0.4, -0.2) is 28.0 Å². The van der Waals surface area contributed by atoms with E-state index in [1.165, 1.54) is 23.1 Å². The van der Waals surface area contributed by atoms with Gasteiger partial charge in [0, 0.05) is 5.75 Å². The number of thioether (sulfide) groups is 1. The van der Waals surface area contributed by atoms with Crippen LogP contribution in [0.5, 0.6) is 5.75 Å². The zero-order valence-electron chi connectivity index (χ0n) is 14.0. The number of aryl methyl sites for hydroxylation is 1. The molecule has 1 aromatic carbocycles. The number of carbonyl (C=O) groups excluding carboxylic acids is 1. The van der Waals surface area contributed by atoms with Crippen molar-refractivity contribution < 1.29 is 9.53 Å². The molecule has 2 aromatic rings. The Hall–Kier alpha value is -1.86. The molecular weight excluding hydrogens is 342 g/mol. The van der Waals surface area contributed by atoms with E-state index < -0.39 is 6.10 Å². The van der Waals surface area contributed by atoms with Crippen LogP contribution in [0.1, 0.15) is 24.5 Å². The second-order valence-corrected chi connectivity index (χ2v) is 7.42. The van der Waals surface area contributed by atoms with Gasteiger partial charge in [-0.1, -0.05) is 48.2 Å². The second kappa shape index (κ2) is 8.84. The van der Waals surface area contributed by atoms with Crippen molar-refractivity contribution in [3.05, 3.63) is 42.0 Å². The first-order chi connectivity index (χ1) is 11.5. The average molecular weight is 364 g/mol. The Morgan fingerprint density at radius 2 is 2.25 bits per heavy atom. The number of hydrogen-bond acceptors (Lipinski definition) is 6. The third-order valence-corrected chi connectivity index (χ3v) is 5.42. The van der Waals surface area contributed by atoms with Crippen molar-refractivity contribution >= 4 is 34.1 Å². The molecule has 0 aliphatic carbocycles. The van der Waals surface area contributed by atoms with Gasteiger partial charge in [-0.15, -0.1) is 16.8 Å². The second-order valence-electron chi connectivity index (χ2n) is 5.17. The SMILES string of the molecule is C=CCSc1nnc(NC(=O)[C@H](CC)Oc2cccc(C)c2C)s1. The number of ether oxygens (including phenoxy) is 1. The molecule has 24 heavy (non-hydrogen) atoms. The van der Waals surface area contributed by atoms with Gasteiger partial charge in [0.15, 0.2) is 10.4 Å². The van der Waals surface area contributed by atoms with Crippen LogP contribution in [0.3, 0.4) is 0 Å². The molecule has 1 N–H and O–H groups in total. The van der Waals surface area contributed by atoms with E-state index in [4.69, 9.17) is 4.74 Å². The van der Waals surface area contributed by atoms with Crippen molar-refractivity contribution in [2.45, 2.75) is 37.6 Å². The minimum absolute atomic E-state index is 0.213. The number of amides is 1. The van der Waals surface area contributed by atoms with Crippen LogP contribution >= 0.6 is 23.1 Å². The van der Waals surface area contributed by atoms with Crippen LogP contribution in [0.25, 0.3) is 0 Å². The van der Waals surface area contributed by atoms with Crippen molar-refractivity contribution in [3.8, 4) is 5.75 Å². The normalized spacial score (nSPS) is 11.8. The highest BCUT2D eigenvalue weighted by Crippen LogP contribution is 2.26. The van der Waals surface area contributed by atoms with E-state index in [9.17, 15) is 4.79 Å². The summed E-state index contributed by atoms with van der Waals surface area (Å²) in [5.41, 5.74) is 2.18. The highest BCUT2D eigenvalue weighted by molar-refractivity contribution is 8.01.